The first-order valence-corrected chi connectivity index (χ1v) is 9.48. The summed E-state index contributed by atoms with van der Waals surface area (Å²) in [6.07, 6.45) is 7.30. The summed E-state index contributed by atoms with van der Waals surface area (Å²) in [5, 5.41) is 11.9. The lowest BCUT2D eigenvalue weighted by atomic mass is 10.1. The maximum absolute atomic E-state index is 12.3. The lowest BCUT2D eigenvalue weighted by molar-refractivity contribution is 0.0692. The van der Waals surface area contributed by atoms with Crippen molar-refractivity contribution in [3.63, 3.8) is 0 Å². The summed E-state index contributed by atoms with van der Waals surface area (Å²) in [4.78, 5) is 23.6. The summed E-state index contributed by atoms with van der Waals surface area (Å²) in [5.41, 5.74) is 0.703. The van der Waals surface area contributed by atoms with E-state index in [0.29, 0.717) is 12.3 Å². The van der Waals surface area contributed by atoms with Crippen LogP contribution < -0.4 is 10.1 Å². The fraction of sp³-hybridized carbons (Fsp3) is 0.364. The fourth-order valence-electron chi connectivity index (χ4n) is 2.77. The van der Waals surface area contributed by atoms with Crippen molar-refractivity contribution in [2.45, 2.75) is 45.4 Å². The molecular formula is C22H27NO4. The van der Waals surface area contributed by atoms with Crippen LogP contribution in [0.15, 0.2) is 48.5 Å². The summed E-state index contributed by atoms with van der Waals surface area (Å²) < 4.78 is 5.72. The van der Waals surface area contributed by atoms with Gasteiger partial charge in [-0.25, -0.2) is 4.79 Å². The molecule has 144 valence electrons. The van der Waals surface area contributed by atoms with E-state index in [-0.39, 0.29) is 11.1 Å². The third-order valence-corrected chi connectivity index (χ3v) is 4.28. The molecule has 0 aliphatic heterocycles. The number of anilines is 1. The number of hydrogen-bond donors (Lipinski definition) is 2. The van der Waals surface area contributed by atoms with E-state index in [4.69, 9.17) is 4.74 Å². The van der Waals surface area contributed by atoms with Gasteiger partial charge in [-0.1, -0.05) is 51.2 Å². The van der Waals surface area contributed by atoms with Gasteiger partial charge in [0.15, 0.2) is 0 Å². The van der Waals surface area contributed by atoms with Gasteiger partial charge >= 0.3 is 5.97 Å². The van der Waals surface area contributed by atoms with E-state index in [0.717, 1.165) is 12.2 Å². The highest BCUT2D eigenvalue weighted by atomic mass is 16.5. The molecule has 0 saturated carbocycles. The van der Waals surface area contributed by atoms with Crippen LogP contribution in [-0.4, -0.2) is 23.6 Å². The number of hydrogen-bond acceptors (Lipinski definition) is 3. The third-order valence-electron chi connectivity index (χ3n) is 4.28. The first kappa shape index (κ1) is 20.5. The summed E-state index contributed by atoms with van der Waals surface area (Å²) in [5.74, 6) is -0.819. The second kappa shape index (κ2) is 11.0. The smallest absolute Gasteiger partial charge is 0.336 e. The van der Waals surface area contributed by atoms with E-state index < -0.39 is 11.9 Å². The Morgan fingerprint density at radius 3 is 2.19 bits per heavy atom. The molecule has 0 spiro atoms. The quantitative estimate of drug-likeness (QED) is 0.522. The molecule has 0 aromatic heterocycles. The van der Waals surface area contributed by atoms with Crippen molar-refractivity contribution in [1.29, 1.82) is 0 Å². The van der Waals surface area contributed by atoms with Crippen LogP contribution in [0.2, 0.25) is 0 Å². The van der Waals surface area contributed by atoms with Crippen molar-refractivity contribution in [3.05, 3.63) is 59.7 Å². The van der Waals surface area contributed by atoms with E-state index in [1.807, 2.05) is 0 Å². The number of benzene rings is 2. The molecule has 0 heterocycles. The molecule has 0 bridgehead atoms. The van der Waals surface area contributed by atoms with Crippen molar-refractivity contribution >= 4 is 17.6 Å². The number of carbonyl (C=O) groups excluding carboxylic acids is 1. The minimum atomic E-state index is -1.13. The number of unbranched alkanes of at least 4 members (excludes halogenated alkanes) is 5. The van der Waals surface area contributed by atoms with Gasteiger partial charge < -0.3 is 15.2 Å². The zero-order valence-electron chi connectivity index (χ0n) is 15.7. The predicted molar refractivity (Wildman–Crippen MR) is 107 cm³/mol. The van der Waals surface area contributed by atoms with E-state index >= 15 is 0 Å². The molecule has 0 radical (unpaired) electrons. The average molecular weight is 369 g/mol. The molecule has 0 atom stereocenters. The van der Waals surface area contributed by atoms with Crippen molar-refractivity contribution in [2.24, 2.45) is 0 Å². The lowest BCUT2D eigenvalue weighted by Crippen LogP contribution is -2.16. The Morgan fingerprint density at radius 1 is 0.889 bits per heavy atom. The maximum atomic E-state index is 12.3. The van der Waals surface area contributed by atoms with Gasteiger partial charge in [-0.05, 0) is 42.8 Å². The van der Waals surface area contributed by atoms with Gasteiger partial charge in [0.2, 0.25) is 0 Å². The highest BCUT2D eigenvalue weighted by Crippen LogP contribution is 2.18. The van der Waals surface area contributed by atoms with Gasteiger partial charge in [0, 0.05) is 5.69 Å². The van der Waals surface area contributed by atoms with Crippen molar-refractivity contribution in [1.82, 2.24) is 0 Å². The zero-order chi connectivity index (χ0) is 19.5. The molecule has 0 aliphatic rings. The van der Waals surface area contributed by atoms with Gasteiger partial charge in [0.1, 0.15) is 5.75 Å². The number of nitrogens with one attached hydrogen (secondary N) is 1. The first-order valence-electron chi connectivity index (χ1n) is 9.48. The normalized spacial score (nSPS) is 10.4. The van der Waals surface area contributed by atoms with Gasteiger partial charge in [-0.3, -0.25) is 4.79 Å². The van der Waals surface area contributed by atoms with Gasteiger partial charge in [0.25, 0.3) is 5.91 Å². The predicted octanol–water partition coefficient (Wildman–Crippen LogP) is 5.38. The molecule has 2 aromatic carbocycles. The summed E-state index contributed by atoms with van der Waals surface area (Å²) in [6, 6.07) is 13.2. The number of carboxylic acids is 1. The molecule has 27 heavy (non-hydrogen) atoms. The van der Waals surface area contributed by atoms with Crippen molar-refractivity contribution < 1.29 is 19.4 Å². The fourth-order valence-corrected chi connectivity index (χ4v) is 2.77. The lowest BCUT2D eigenvalue weighted by Gasteiger charge is -2.09. The molecule has 2 rings (SSSR count). The molecular weight excluding hydrogens is 342 g/mol. The first-order chi connectivity index (χ1) is 13.1. The van der Waals surface area contributed by atoms with E-state index in [1.54, 1.807) is 36.4 Å². The zero-order valence-corrected chi connectivity index (χ0v) is 15.7. The van der Waals surface area contributed by atoms with Crippen LogP contribution in [0.4, 0.5) is 5.69 Å². The van der Waals surface area contributed by atoms with Crippen molar-refractivity contribution in [2.75, 3.05) is 11.9 Å². The number of carboxylic acid groups (broad SMARTS) is 1. The highest BCUT2D eigenvalue weighted by Gasteiger charge is 2.15. The summed E-state index contributed by atoms with van der Waals surface area (Å²) in [6.45, 7) is 2.89. The largest absolute Gasteiger partial charge is 0.494 e. The second-order valence-corrected chi connectivity index (χ2v) is 6.45. The van der Waals surface area contributed by atoms with Crippen LogP contribution in [0.5, 0.6) is 5.75 Å². The second-order valence-electron chi connectivity index (χ2n) is 6.45. The van der Waals surface area contributed by atoms with Gasteiger partial charge in [0.05, 0.1) is 17.7 Å². The number of ether oxygens (including phenoxy) is 1. The topological polar surface area (TPSA) is 75.6 Å². The Labute approximate surface area is 160 Å². The number of amides is 1. The van der Waals surface area contributed by atoms with Gasteiger partial charge in [-0.2, -0.15) is 0 Å². The molecule has 0 aliphatic carbocycles. The molecule has 0 unspecified atom stereocenters. The number of rotatable bonds is 11. The standard InChI is InChI=1S/C22H27NO4/c1-2-3-4-5-6-9-16-27-18-14-12-17(13-15-18)23-21(24)19-10-7-8-11-20(19)22(25)26/h7-8,10-15H,2-6,9,16H2,1H3,(H,23,24)(H,25,26). The molecule has 5 nitrogen and oxygen atoms in total. The molecule has 2 N–H and O–H groups in total. The van der Waals surface area contributed by atoms with Crippen LogP contribution in [-0.2, 0) is 0 Å². The minimum absolute atomic E-state index is 0.0195. The maximum Gasteiger partial charge on any atom is 0.336 e. The van der Waals surface area contributed by atoms with E-state index in [9.17, 15) is 14.7 Å². The Kier molecular flexibility index (Phi) is 8.36. The van der Waals surface area contributed by atoms with Crippen LogP contribution in [0, 0.1) is 0 Å². The summed E-state index contributed by atoms with van der Waals surface area (Å²) in [7, 11) is 0. The molecule has 0 saturated heterocycles. The van der Waals surface area contributed by atoms with Crippen LogP contribution in [0.1, 0.15) is 66.2 Å². The molecule has 0 fully saturated rings. The monoisotopic (exact) mass is 369 g/mol. The molecule has 1 amide bonds. The Bertz CT molecular complexity index is 740. The van der Waals surface area contributed by atoms with Crippen LogP contribution in [0.25, 0.3) is 0 Å². The Morgan fingerprint density at radius 2 is 1.52 bits per heavy atom. The van der Waals surface area contributed by atoms with Crippen LogP contribution in [0.3, 0.4) is 0 Å². The third kappa shape index (κ3) is 6.77. The number of carbonyl (C=O) groups is 2. The summed E-state index contributed by atoms with van der Waals surface area (Å²) >= 11 is 0. The van der Waals surface area contributed by atoms with E-state index in [2.05, 4.69) is 12.2 Å². The highest BCUT2D eigenvalue weighted by molar-refractivity contribution is 6.10. The van der Waals surface area contributed by atoms with Gasteiger partial charge in [-0.15, -0.1) is 0 Å². The Balaban J connectivity index is 1.82. The van der Waals surface area contributed by atoms with Crippen LogP contribution >= 0.6 is 0 Å². The van der Waals surface area contributed by atoms with E-state index in [1.165, 1.54) is 44.2 Å². The van der Waals surface area contributed by atoms with Crippen molar-refractivity contribution in [3.8, 4) is 5.75 Å². The Hall–Kier alpha value is -2.82. The molecule has 2 aromatic rings. The average Bonchev–Trinajstić information content (AvgIpc) is 2.68. The molecule has 5 heteroatoms. The SMILES string of the molecule is CCCCCCCCOc1ccc(NC(=O)c2ccccc2C(=O)O)cc1. The minimum Gasteiger partial charge on any atom is -0.494 e. The number of aromatic carboxylic acids is 1.